The van der Waals surface area contributed by atoms with Gasteiger partial charge in [-0.15, -0.1) is 0 Å². The van der Waals surface area contributed by atoms with E-state index in [-0.39, 0.29) is 23.7 Å². The fraction of sp³-hybridized carbons (Fsp3) is 0.417. The third-order valence-corrected chi connectivity index (χ3v) is 6.63. The van der Waals surface area contributed by atoms with Crippen molar-refractivity contribution in [1.82, 2.24) is 9.80 Å². The lowest BCUT2D eigenvalue weighted by atomic mass is 10.1. The molecule has 0 bridgehead atoms. The fourth-order valence-corrected chi connectivity index (χ4v) is 4.51. The molecule has 2 heterocycles. The molecule has 32 heavy (non-hydrogen) atoms. The number of hydrogen-bond acceptors (Lipinski definition) is 5. The monoisotopic (exact) mass is 439 g/mol. The van der Waals surface area contributed by atoms with E-state index in [2.05, 4.69) is 0 Å². The SMILES string of the molecule is C[C@@H]1CN(C(=O)c2ccc(C3Oc4cc(F)ccc4N3C)cc2)CCN1C(=O)C1(O)CC1. The first-order chi connectivity index (χ1) is 15.3. The van der Waals surface area contributed by atoms with Gasteiger partial charge in [-0.3, -0.25) is 9.59 Å². The van der Waals surface area contributed by atoms with Crippen LogP contribution in [0.25, 0.3) is 0 Å². The van der Waals surface area contributed by atoms with Crippen LogP contribution in [0, 0.1) is 5.82 Å². The highest BCUT2D eigenvalue weighted by atomic mass is 19.1. The van der Waals surface area contributed by atoms with E-state index in [1.54, 1.807) is 28.0 Å². The molecule has 2 fully saturated rings. The van der Waals surface area contributed by atoms with Gasteiger partial charge >= 0.3 is 0 Å². The summed E-state index contributed by atoms with van der Waals surface area (Å²) in [6.45, 7) is 3.18. The van der Waals surface area contributed by atoms with Gasteiger partial charge in [0, 0.05) is 49.9 Å². The number of benzene rings is 2. The summed E-state index contributed by atoms with van der Waals surface area (Å²) in [6.07, 6.45) is 0.646. The Morgan fingerprint density at radius 3 is 2.50 bits per heavy atom. The van der Waals surface area contributed by atoms with Gasteiger partial charge in [-0.05, 0) is 44.0 Å². The Hall–Kier alpha value is -3.13. The lowest BCUT2D eigenvalue weighted by Crippen LogP contribution is -2.57. The largest absolute Gasteiger partial charge is 0.464 e. The summed E-state index contributed by atoms with van der Waals surface area (Å²) >= 11 is 0. The summed E-state index contributed by atoms with van der Waals surface area (Å²) in [5.74, 6) is -0.161. The Kier molecular flexibility index (Phi) is 4.85. The number of fused-ring (bicyclic) bond motifs is 1. The maximum Gasteiger partial charge on any atom is 0.254 e. The number of ether oxygens (including phenoxy) is 1. The molecule has 1 saturated carbocycles. The van der Waals surface area contributed by atoms with Crippen molar-refractivity contribution in [3.63, 3.8) is 0 Å². The van der Waals surface area contributed by atoms with Crippen LogP contribution in [0.15, 0.2) is 42.5 Å². The van der Waals surface area contributed by atoms with Gasteiger partial charge in [0.05, 0.1) is 5.69 Å². The number of aliphatic hydroxyl groups is 1. The minimum Gasteiger partial charge on any atom is -0.464 e. The summed E-state index contributed by atoms with van der Waals surface area (Å²) in [5, 5.41) is 10.1. The molecule has 8 heteroatoms. The Morgan fingerprint density at radius 2 is 1.84 bits per heavy atom. The average molecular weight is 439 g/mol. The van der Waals surface area contributed by atoms with Crippen LogP contribution in [0.3, 0.4) is 0 Å². The van der Waals surface area contributed by atoms with E-state index in [0.29, 0.717) is 43.8 Å². The Bertz CT molecular complexity index is 1070. The van der Waals surface area contributed by atoms with Crippen molar-refractivity contribution < 1.29 is 23.8 Å². The van der Waals surface area contributed by atoms with E-state index in [0.717, 1.165) is 11.3 Å². The molecule has 2 aromatic rings. The van der Waals surface area contributed by atoms with Crippen LogP contribution < -0.4 is 9.64 Å². The van der Waals surface area contributed by atoms with Crippen molar-refractivity contribution in [3.8, 4) is 5.75 Å². The van der Waals surface area contributed by atoms with Gasteiger partial charge < -0.3 is 24.5 Å². The molecule has 3 aliphatic rings. The second-order valence-corrected chi connectivity index (χ2v) is 8.95. The molecule has 2 amide bonds. The molecular formula is C24H26FN3O4. The number of carbonyl (C=O) groups excluding carboxylic acids is 2. The first kappa shape index (κ1) is 20.8. The number of nitrogens with zero attached hydrogens (tertiary/aromatic N) is 3. The smallest absolute Gasteiger partial charge is 0.254 e. The summed E-state index contributed by atoms with van der Waals surface area (Å²) < 4.78 is 19.4. The molecule has 2 atom stereocenters. The number of rotatable bonds is 3. The lowest BCUT2D eigenvalue weighted by molar-refractivity contribution is -0.146. The predicted molar refractivity (Wildman–Crippen MR) is 116 cm³/mol. The zero-order valence-corrected chi connectivity index (χ0v) is 18.1. The van der Waals surface area contributed by atoms with Crippen molar-refractivity contribution in [2.45, 2.75) is 37.6 Å². The molecular weight excluding hydrogens is 413 g/mol. The van der Waals surface area contributed by atoms with Crippen molar-refractivity contribution in [2.24, 2.45) is 0 Å². The molecule has 2 aromatic carbocycles. The van der Waals surface area contributed by atoms with Crippen LogP contribution in [-0.4, -0.2) is 65.0 Å². The Balaban J connectivity index is 1.25. The minimum absolute atomic E-state index is 0.0910. The van der Waals surface area contributed by atoms with E-state index >= 15 is 0 Å². The van der Waals surface area contributed by atoms with E-state index in [4.69, 9.17) is 4.74 Å². The topological polar surface area (TPSA) is 73.3 Å². The normalized spacial score (nSPS) is 23.6. The van der Waals surface area contributed by atoms with Crippen LogP contribution in [0.1, 0.15) is 41.9 Å². The van der Waals surface area contributed by atoms with Gasteiger partial charge in [-0.2, -0.15) is 0 Å². The molecule has 1 N–H and O–H groups in total. The highest BCUT2D eigenvalue weighted by Gasteiger charge is 2.51. The lowest BCUT2D eigenvalue weighted by Gasteiger charge is -2.40. The summed E-state index contributed by atoms with van der Waals surface area (Å²) in [4.78, 5) is 30.9. The number of hydrogen-bond donors (Lipinski definition) is 1. The molecule has 168 valence electrons. The van der Waals surface area contributed by atoms with E-state index in [1.807, 2.05) is 31.0 Å². The molecule has 2 aliphatic heterocycles. The Labute approximate surface area is 186 Å². The molecule has 1 aliphatic carbocycles. The quantitative estimate of drug-likeness (QED) is 0.796. The molecule has 0 aromatic heterocycles. The van der Waals surface area contributed by atoms with Gasteiger partial charge in [0.1, 0.15) is 17.2 Å². The first-order valence-electron chi connectivity index (χ1n) is 10.9. The van der Waals surface area contributed by atoms with Gasteiger partial charge in [-0.25, -0.2) is 4.39 Å². The third-order valence-electron chi connectivity index (χ3n) is 6.63. The molecule has 0 spiro atoms. The average Bonchev–Trinajstić information content (AvgIpc) is 3.46. The zero-order chi connectivity index (χ0) is 22.6. The summed E-state index contributed by atoms with van der Waals surface area (Å²) in [5.41, 5.74) is 1.05. The maximum atomic E-state index is 13.5. The van der Waals surface area contributed by atoms with Crippen LogP contribution in [0.5, 0.6) is 5.75 Å². The second kappa shape index (κ2) is 7.48. The van der Waals surface area contributed by atoms with Crippen LogP contribution in [0.4, 0.5) is 10.1 Å². The maximum absolute atomic E-state index is 13.5. The van der Waals surface area contributed by atoms with Gasteiger partial charge in [-0.1, -0.05) is 12.1 Å². The van der Waals surface area contributed by atoms with E-state index in [1.165, 1.54) is 12.1 Å². The standard InChI is InChI=1S/C24H26FN3O4/c1-15-14-27(11-12-28(15)23(30)24(31)9-10-24)21(29)16-3-5-17(6-4-16)22-26(2)19-8-7-18(25)13-20(19)32-22/h3-8,13,15,22,31H,9-12,14H2,1-2H3/t15-,22?/m1/s1. The van der Waals surface area contributed by atoms with Gasteiger partial charge in [0.25, 0.3) is 11.8 Å². The molecule has 7 nitrogen and oxygen atoms in total. The third kappa shape index (κ3) is 3.48. The van der Waals surface area contributed by atoms with Crippen molar-refractivity contribution >= 4 is 17.5 Å². The van der Waals surface area contributed by atoms with Gasteiger partial charge in [0.2, 0.25) is 0 Å². The molecule has 5 rings (SSSR count). The molecule has 1 unspecified atom stereocenters. The number of amides is 2. The second-order valence-electron chi connectivity index (χ2n) is 8.95. The number of piperazine rings is 1. The Morgan fingerprint density at radius 1 is 1.12 bits per heavy atom. The summed E-state index contributed by atoms with van der Waals surface area (Å²) in [7, 11) is 1.88. The first-order valence-corrected chi connectivity index (χ1v) is 10.9. The van der Waals surface area contributed by atoms with Crippen molar-refractivity contribution in [1.29, 1.82) is 0 Å². The van der Waals surface area contributed by atoms with Crippen LogP contribution in [-0.2, 0) is 4.79 Å². The number of halogens is 1. The highest BCUT2D eigenvalue weighted by molar-refractivity contribution is 5.94. The molecule has 0 radical (unpaired) electrons. The predicted octanol–water partition coefficient (Wildman–Crippen LogP) is 2.55. The highest BCUT2D eigenvalue weighted by Crippen LogP contribution is 2.42. The number of anilines is 1. The zero-order valence-electron chi connectivity index (χ0n) is 18.1. The minimum atomic E-state index is -1.18. The van der Waals surface area contributed by atoms with Crippen molar-refractivity contribution in [2.75, 3.05) is 31.6 Å². The van der Waals surface area contributed by atoms with Crippen molar-refractivity contribution in [3.05, 3.63) is 59.4 Å². The van der Waals surface area contributed by atoms with Crippen LogP contribution >= 0.6 is 0 Å². The van der Waals surface area contributed by atoms with Crippen LogP contribution in [0.2, 0.25) is 0 Å². The molecule has 1 saturated heterocycles. The van der Waals surface area contributed by atoms with Gasteiger partial charge in [0.15, 0.2) is 6.23 Å². The summed E-state index contributed by atoms with van der Waals surface area (Å²) in [6, 6.07) is 11.6. The fourth-order valence-electron chi connectivity index (χ4n) is 4.51. The van der Waals surface area contributed by atoms with E-state index < -0.39 is 11.8 Å². The van der Waals surface area contributed by atoms with E-state index in [9.17, 15) is 19.1 Å². The number of carbonyl (C=O) groups is 2.